The Bertz CT molecular complexity index is 1590. The van der Waals surface area contributed by atoms with Crippen molar-refractivity contribution in [2.75, 3.05) is 11.9 Å². The van der Waals surface area contributed by atoms with Gasteiger partial charge in [0.2, 0.25) is 18.0 Å². The second-order valence-corrected chi connectivity index (χ2v) is 9.66. The van der Waals surface area contributed by atoms with Gasteiger partial charge in [-0.3, -0.25) is 14.4 Å². The highest BCUT2D eigenvalue weighted by molar-refractivity contribution is 6.20. The van der Waals surface area contributed by atoms with Crippen LogP contribution in [0.5, 0.6) is 11.5 Å². The van der Waals surface area contributed by atoms with E-state index in [1.165, 1.54) is 4.90 Å². The molecule has 0 radical (unpaired) electrons. The fourth-order valence-corrected chi connectivity index (χ4v) is 4.60. The van der Waals surface area contributed by atoms with Gasteiger partial charge >= 0.3 is 0 Å². The van der Waals surface area contributed by atoms with Crippen molar-refractivity contribution in [1.82, 2.24) is 10.6 Å². The van der Waals surface area contributed by atoms with E-state index in [-0.39, 0.29) is 18.2 Å². The summed E-state index contributed by atoms with van der Waals surface area (Å²) >= 11 is 0. The number of hydrogen-bond donors (Lipinski definition) is 2. The highest BCUT2D eigenvalue weighted by Crippen LogP contribution is 2.27. The molecule has 0 fully saturated rings. The summed E-state index contributed by atoms with van der Waals surface area (Å²) in [5.74, 6) is -0.0608. The minimum Gasteiger partial charge on any atom is -0.457 e. The molecule has 0 aromatic heterocycles. The maximum absolute atomic E-state index is 13.4. The van der Waals surface area contributed by atoms with Crippen LogP contribution in [0.3, 0.4) is 0 Å². The molecular weight excluding hydrogens is 516 g/mol. The molecule has 3 amide bonds. The summed E-state index contributed by atoms with van der Waals surface area (Å²) in [6.07, 6.45) is -1.16. The van der Waals surface area contributed by atoms with E-state index in [4.69, 9.17) is 9.73 Å². The molecule has 41 heavy (non-hydrogen) atoms. The Balaban J connectivity index is 1.30. The monoisotopic (exact) mass is 546 g/mol. The molecule has 8 heteroatoms. The van der Waals surface area contributed by atoms with E-state index in [2.05, 4.69) is 10.6 Å². The number of carbonyl (C=O) groups excluding carboxylic acids is 3. The Morgan fingerprint density at radius 2 is 1.51 bits per heavy atom. The number of nitrogens with zero attached hydrogens (tertiary/aromatic N) is 2. The van der Waals surface area contributed by atoms with E-state index >= 15 is 0 Å². The van der Waals surface area contributed by atoms with Gasteiger partial charge in [-0.15, -0.1) is 0 Å². The minimum absolute atomic E-state index is 0.0113. The molecule has 2 atom stereocenters. The largest absolute Gasteiger partial charge is 0.457 e. The van der Waals surface area contributed by atoms with Crippen LogP contribution in [0.15, 0.2) is 114 Å². The SMILES string of the molecule is C[C@H](NC(=O)Cc1ccccc1Oc1ccccc1)C(=O)NC1N=C(c2ccccc2)c2ccccc2N(C)C1=O. The van der Waals surface area contributed by atoms with Crippen LogP contribution in [0.2, 0.25) is 0 Å². The summed E-state index contributed by atoms with van der Waals surface area (Å²) in [5, 5.41) is 5.46. The number of fused-ring (bicyclic) bond motifs is 1. The van der Waals surface area contributed by atoms with Gasteiger partial charge in [0, 0.05) is 23.7 Å². The predicted molar refractivity (Wildman–Crippen MR) is 158 cm³/mol. The highest BCUT2D eigenvalue weighted by atomic mass is 16.5. The van der Waals surface area contributed by atoms with E-state index in [0.29, 0.717) is 28.5 Å². The maximum atomic E-state index is 13.4. The molecule has 0 spiro atoms. The van der Waals surface area contributed by atoms with Crippen LogP contribution in [0, 0.1) is 0 Å². The topological polar surface area (TPSA) is 100 Å². The van der Waals surface area contributed by atoms with Crippen molar-refractivity contribution in [3.63, 3.8) is 0 Å². The zero-order valence-electron chi connectivity index (χ0n) is 22.8. The second-order valence-electron chi connectivity index (χ2n) is 9.66. The molecule has 0 aliphatic carbocycles. The lowest BCUT2D eigenvalue weighted by Gasteiger charge is -2.22. The molecule has 0 saturated heterocycles. The molecule has 0 saturated carbocycles. The van der Waals surface area contributed by atoms with Crippen molar-refractivity contribution in [2.45, 2.75) is 25.6 Å². The van der Waals surface area contributed by atoms with E-state index in [9.17, 15) is 14.4 Å². The molecule has 8 nitrogen and oxygen atoms in total. The highest BCUT2D eigenvalue weighted by Gasteiger charge is 2.32. The molecule has 1 aliphatic heterocycles. The lowest BCUT2D eigenvalue weighted by molar-refractivity contribution is -0.130. The predicted octanol–water partition coefficient (Wildman–Crippen LogP) is 4.48. The van der Waals surface area contributed by atoms with Gasteiger partial charge in [-0.05, 0) is 31.2 Å². The van der Waals surface area contributed by atoms with Gasteiger partial charge in [-0.1, -0.05) is 84.9 Å². The van der Waals surface area contributed by atoms with Gasteiger partial charge in [0.15, 0.2) is 0 Å². The Labute approximate surface area is 238 Å². The molecule has 1 unspecified atom stereocenters. The third-order valence-corrected chi connectivity index (χ3v) is 6.73. The Morgan fingerprint density at radius 3 is 2.27 bits per heavy atom. The van der Waals surface area contributed by atoms with Crippen LogP contribution in [0.1, 0.15) is 23.6 Å². The number of ether oxygens (including phenoxy) is 1. The number of aliphatic imine (C=N–C) groups is 1. The summed E-state index contributed by atoms with van der Waals surface area (Å²) in [6.45, 7) is 1.57. The first-order chi connectivity index (χ1) is 19.9. The summed E-state index contributed by atoms with van der Waals surface area (Å²) in [7, 11) is 1.66. The van der Waals surface area contributed by atoms with Crippen LogP contribution in [0.25, 0.3) is 0 Å². The summed E-state index contributed by atoms with van der Waals surface area (Å²) in [4.78, 5) is 45.7. The number of anilines is 1. The second kappa shape index (κ2) is 12.3. The van der Waals surface area contributed by atoms with E-state index < -0.39 is 18.1 Å². The molecule has 206 valence electrons. The number of benzene rings is 4. The third kappa shape index (κ3) is 6.33. The number of amides is 3. The van der Waals surface area contributed by atoms with E-state index in [0.717, 1.165) is 11.1 Å². The number of rotatable bonds is 8. The molecule has 0 bridgehead atoms. The van der Waals surface area contributed by atoms with Gasteiger partial charge in [0.1, 0.15) is 17.5 Å². The van der Waals surface area contributed by atoms with Crippen LogP contribution in [-0.2, 0) is 20.8 Å². The van der Waals surface area contributed by atoms with Crippen LogP contribution < -0.4 is 20.3 Å². The van der Waals surface area contributed by atoms with Crippen molar-refractivity contribution in [2.24, 2.45) is 4.99 Å². The Kier molecular flexibility index (Phi) is 8.20. The fourth-order valence-electron chi connectivity index (χ4n) is 4.60. The quantitative estimate of drug-likeness (QED) is 0.340. The van der Waals surface area contributed by atoms with E-state index in [1.54, 1.807) is 26.1 Å². The van der Waals surface area contributed by atoms with Gasteiger partial charge in [0.05, 0.1) is 17.8 Å². The van der Waals surface area contributed by atoms with Crippen LogP contribution >= 0.6 is 0 Å². The van der Waals surface area contributed by atoms with Crippen molar-refractivity contribution >= 4 is 29.1 Å². The van der Waals surface area contributed by atoms with E-state index in [1.807, 2.05) is 97.1 Å². The zero-order valence-corrected chi connectivity index (χ0v) is 22.8. The first-order valence-electron chi connectivity index (χ1n) is 13.3. The van der Waals surface area contributed by atoms with Crippen molar-refractivity contribution < 1.29 is 19.1 Å². The van der Waals surface area contributed by atoms with Crippen LogP contribution in [-0.4, -0.2) is 42.7 Å². The number of hydrogen-bond acceptors (Lipinski definition) is 5. The fraction of sp³-hybridized carbons (Fsp3) is 0.152. The molecule has 1 heterocycles. The molecule has 4 aromatic rings. The average Bonchev–Trinajstić information content (AvgIpc) is 3.09. The Morgan fingerprint density at radius 1 is 0.878 bits per heavy atom. The van der Waals surface area contributed by atoms with Gasteiger partial charge in [-0.2, -0.15) is 0 Å². The number of benzodiazepines with no additional fused rings is 1. The maximum Gasteiger partial charge on any atom is 0.272 e. The molecule has 2 N–H and O–H groups in total. The normalized spacial score (nSPS) is 15.2. The lowest BCUT2D eigenvalue weighted by atomic mass is 10.0. The summed E-state index contributed by atoms with van der Waals surface area (Å²) < 4.78 is 5.95. The number of likely N-dealkylation sites (N-methyl/N-ethyl adjacent to an activating group) is 1. The lowest BCUT2D eigenvalue weighted by Crippen LogP contribution is -2.52. The number of carbonyl (C=O) groups is 3. The average molecular weight is 547 g/mol. The molecule has 4 aromatic carbocycles. The zero-order chi connectivity index (χ0) is 28.8. The van der Waals surface area contributed by atoms with Gasteiger partial charge in [0.25, 0.3) is 5.91 Å². The number of para-hydroxylation sites is 3. The first kappa shape index (κ1) is 27.3. The minimum atomic E-state index is -1.17. The summed E-state index contributed by atoms with van der Waals surface area (Å²) in [5.41, 5.74) is 3.56. The molecule has 5 rings (SSSR count). The first-order valence-corrected chi connectivity index (χ1v) is 13.3. The summed E-state index contributed by atoms with van der Waals surface area (Å²) in [6, 6.07) is 32.6. The van der Waals surface area contributed by atoms with Crippen molar-refractivity contribution in [1.29, 1.82) is 0 Å². The standard InChI is InChI=1S/C33H30N4O4/c1-22(34-29(38)21-24-15-9-12-20-28(24)41-25-16-7-4-8-17-25)32(39)36-31-33(40)37(2)27-19-11-10-18-26(27)30(35-31)23-13-5-3-6-14-23/h3-20,22,31H,21H2,1-2H3,(H,34,38)(H,36,39)/t22-,31?/m0/s1. The van der Waals surface area contributed by atoms with Gasteiger partial charge < -0.3 is 20.3 Å². The number of nitrogens with one attached hydrogen (secondary N) is 2. The molecular formula is C33H30N4O4. The van der Waals surface area contributed by atoms with Gasteiger partial charge in [-0.25, -0.2) is 4.99 Å². The molecule has 1 aliphatic rings. The smallest absolute Gasteiger partial charge is 0.272 e. The third-order valence-electron chi connectivity index (χ3n) is 6.73. The van der Waals surface area contributed by atoms with Crippen molar-refractivity contribution in [3.8, 4) is 11.5 Å². The van der Waals surface area contributed by atoms with Crippen molar-refractivity contribution in [3.05, 3.63) is 126 Å². The van der Waals surface area contributed by atoms with Crippen LogP contribution in [0.4, 0.5) is 5.69 Å². The Hall–Kier alpha value is -5.24.